The molecule has 4 rings (SSSR count). The van der Waals surface area contributed by atoms with Gasteiger partial charge in [0.25, 0.3) is 0 Å². The summed E-state index contributed by atoms with van der Waals surface area (Å²) in [5.41, 5.74) is 1.53. The minimum absolute atomic E-state index is 0.429. The van der Waals surface area contributed by atoms with Gasteiger partial charge in [0.1, 0.15) is 0 Å². The Morgan fingerprint density at radius 3 is 2.78 bits per heavy atom. The molecule has 4 aliphatic rings. The molecule has 1 heteroatoms. The molecule has 0 radical (unpaired) electrons. The number of hydrogen-bond donors (Lipinski definition) is 0. The number of carbonyl (C=O) groups is 1. The zero-order valence-electron chi connectivity index (χ0n) is 11.2. The molecular weight excluding hydrogens is 220 g/mol. The normalized spacial score (nSPS) is 47.0. The van der Waals surface area contributed by atoms with Gasteiger partial charge in [-0.2, -0.15) is 0 Å². The summed E-state index contributed by atoms with van der Waals surface area (Å²) in [6.45, 7) is 0. The molecule has 18 heavy (non-hydrogen) atoms. The molecule has 0 aliphatic heterocycles. The monoisotopic (exact) mass is 244 g/mol. The van der Waals surface area contributed by atoms with E-state index in [2.05, 4.69) is 6.08 Å². The number of carbonyl (C=O) groups excluding carboxylic acids is 1. The molecule has 3 saturated carbocycles. The summed E-state index contributed by atoms with van der Waals surface area (Å²) < 4.78 is 0. The lowest BCUT2D eigenvalue weighted by Gasteiger charge is -2.47. The molecule has 3 fully saturated rings. The van der Waals surface area contributed by atoms with Gasteiger partial charge in [0, 0.05) is 5.92 Å². The highest BCUT2D eigenvalue weighted by atomic mass is 16.1. The Balaban J connectivity index is 1.69. The Kier molecular flexibility index (Phi) is 2.63. The molecule has 5 atom stereocenters. The van der Waals surface area contributed by atoms with Gasteiger partial charge in [0.2, 0.25) is 0 Å². The van der Waals surface area contributed by atoms with Crippen molar-refractivity contribution in [2.75, 3.05) is 0 Å². The standard InChI is InChI=1S/C17H24O/c18-16-10-12-4-1-2-6-13(12)15-9-8-11-5-3-7-14(11)17(15)16/h10-11,13-15,17H,1-9H2. The van der Waals surface area contributed by atoms with Gasteiger partial charge in [0.15, 0.2) is 5.78 Å². The molecule has 0 N–H and O–H groups in total. The second kappa shape index (κ2) is 4.21. The summed E-state index contributed by atoms with van der Waals surface area (Å²) in [5.74, 6) is 4.13. The van der Waals surface area contributed by atoms with Gasteiger partial charge < -0.3 is 0 Å². The van der Waals surface area contributed by atoms with Crippen molar-refractivity contribution >= 4 is 5.78 Å². The molecule has 1 nitrogen and oxygen atoms in total. The smallest absolute Gasteiger partial charge is 0.159 e. The van der Waals surface area contributed by atoms with Crippen LogP contribution in [0.25, 0.3) is 0 Å². The zero-order chi connectivity index (χ0) is 12.1. The molecule has 98 valence electrons. The maximum absolute atomic E-state index is 12.5. The van der Waals surface area contributed by atoms with Crippen molar-refractivity contribution < 1.29 is 4.79 Å². The summed E-state index contributed by atoms with van der Waals surface area (Å²) in [5, 5.41) is 0. The van der Waals surface area contributed by atoms with E-state index in [4.69, 9.17) is 0 Å². The van der Waals surface area contributed by atoms with Crippen molar-refractivity contribution in [3.05, 3.63) is 11.6 Å². The number of ketones is 1. The fourth-order valence-corrected chi connectivity index (χ4v) is 5.69. The molecule has 4 aliphatic carbocycles. The molecule has 0 aromatic rings. The number of hydrogen-bond acceptors (Lipinski definition) is 1. The van der Waals surface area contributed by atoms with Crippen LogP contribution in [0.3, 0.4) is 0 Å². The predicted octanol–water partition coefficient (Wildman–Crippen LogP) is 4.13. The molecule has 0 aromatic heterocycles. The number of allylic oxidation sites excluding steroid dienone is 2. The van der Waals surface area contributed by atoms with E-state index in [-0.39, 0.29) is 0 Å². The highest BCUT2D eigenvalue weighted by Gasteiger charge is 2.49. The Morgan fingerprint density at radius 2 is 1.83 bits per heavy atom. The van der Waals surface area contributed by atoms with Crippen molar-refractivity contribution in [2.45, 2.75) is 57.8 Å². The lowest BCUT2D eigenvalue weighted by molar-refractivity contribution is -0.126. The minimum atomic E-state index is 0.429. The third kappa shape index (κ3) is 1.55. The van der Waals surface area contributed by atoms with Crippen LogP contribution in [0.2, 0.25) is 0 Å². The topological polar surface area (TPSA) is 17.1 Å². The number of rotatable bonds is 0. The third-order valence-corrected chi connectivity index (χ3v) is 6.39. The maximum atomic E-state index is 12.5. The highest BCUT2D eigenvalue weighted by molar-refractivity contribution is 5.94. The van der Waals surface area contributed by atoms with Gasteiger partial charge in [-0.05, 0) is 68.3 Å². The first-order valence-electron chi connectivity index (χ1n) is 8.09. The summed E-state index contributed by atoms with van der Waals surface area (Å²) in [6, 6.07) is 0. The van der Waals surface area contributed by atoms with Crippen LogP contribution in [0.4, 0.5) is 0 Å². The average molecular weight is 244 g/mol. The Bertz CT molecular complexity index is 394. The van der Waals surface area contributed by atoms with E-state index < -0.39 is 0 Å². The van der Waals surface area contributed by atoms with Crippen LogP contribution in [-0.2, 0) is 4.79 Å². The van der Waals surface area contributed by atoms with Gasteiger partial charge in [0.05, 0.1) is 0 Å². The Morgan fingerprint density at radius 1 is 0.889 bits per heavy atom. The molecule has 0 saturated heterocycles. The Hall–Kier alpha value is -0.590. The number of fused-ring (bicyclic) bond motifs is 5. The van der Waals surface area contributed by atoms with Crippen LogP contribution in [0.15, 0.2) is 11.6 Å². The van der Waals surface area contributed by atoms with E-state index in [1.807, 2.05) is 0 Å². The third-order valence-electron chi connectivity index (χ3n) is 6.39. The van der Waals surface area contributed by atoms with E-state index in [1.54, 1.807) is 0 Å². The first-order valence-corrected chi connectivity index (χ1v) is 8.09. The van der Waals surface area contributed by atoms with Crippen molar-refractivity contribution in [3.63, 3.8) is 0 Å². The average Bonchev–Trinajstić information content (AvgIpc) is 2.86. The van der Waals surface area contributed by atoms with Crippen LogP contribution >= 0.6 is 0 Å². The second-order valence-corrected chi connectivity index (χ2v) is 7.10. The lowest BCUT2D eigenvalue weighted by atomic mass is 9.56. The fourth-order valence-electron chi connectivity index (χ4n) is 5.69. The predicted molar refractivity (Wildman–Crippen MR) is 72.1 cm³/mol. The van der Waals surface area contributed by atoms with Crippen molar-refractivity contribution in [1.29, 1.82) is 0 Å². The fraction of sp³-hybridized carbons (Fsp3) is 0.824. The quantitative estimate of drug-likeness (QED) is 0.626. The van der Waals surface area contributed by atoms with Crippen LogP contribution in [0.5, 0.6) is 0 Å². The highest BCUT2D eigenvalue weighted by Crippen LogP contribution is 2.55. The van der Waals surface area contributed by atoms with E-state index in [0.717, 1.165) is 23.7 Å². The van der Waals surface area contributed by atoms with Crippen LogP contribution < -0.4 is 0 Å². The van der Waals surface area contributed by atoms with Crippen molar-refractivity contribution in [3.8, 4) is 0 Å². The minimum Gasteiger partial charge on any atom is -0.295 e. The van der Waals surface area contributed by atoms with Crippen LogP contribution in [-0.4, -0.2) is 5.78 Å². The van der Waals surface area contributed by atoms with Gasteiger partial charge in [-0.15, -0.1) is 0 Å². The Labute approximate surface area is 110 Å². The molecule has 0 spiro atoms. The largest absolute Gasteiger partial charge is 0.295 e. The maximum Gasteiger partial charge on any atom is 0.159 e. The second-order valence-electron chi connectivity index (χ2n) is 7.10. The first kappa shape index (κ1) is 11.3. The summed E-state index contributed by atoms with van der Waals surface area (Å²) in [6.07, 6.45) is 14.3. The summed E-state index contributed by atoms with van der Waals surface area (Å²) >= 11 is 0. The molecular formula is C17H24O. The lowest BCUT2D eigenvalue weighted by Crippen LogP contribution is -2.44. The molecule has 0 heterocycles. The van der Waals surface area contributed by atoms with Crippen LogP contribution in [0.1, 0.15) is 57.8 Å². The van der Waals surface area contributed by atoms with E-state index >= 15 is 0 Å². The van der Waals surface area contributed by atoms with Crippen molar-refractivity contribution in [1.82, 2.24) is 0 Å². The van der Waals surface area contributed by atoms with Gasteiger partial charge in [-0.3, -0.25) is 4.79 Å². The van der Waals surface area contributed by atoms with Gasteiger partial charge in [-0.1, -0.05) is 24.8 Å². The first-order chi connectivity index (χ1) is 8.84. The van der Waals surface area contributed by atoms with Gasteiger partial charge in [-0.25, -0.2) is 0 Å². The van der Waals surface area contributed by atoms with E-state index in [1.165, 1.54) is 63.4 Å². The SMILES string of the molecule is O=C1C=C2CCCCC2C2CCC3CCCC3C12. The van der Waals surface area contributed by atoms with E-state index in [9.17, 15) is 4.79 Å². The molecule has 0 bridgehead atoms. The molecule has 0 amide bonds. The van der Waals surface area contributed by atoms with Crippen LogP contribution in [0, 0.1) is 29.6 Å². The summed E-state index contributed by atoms with van der Waals surface area (Å²) in [4.78, 5) is 12.5. The zero-order valence-corrected chi connectivity index (χ0v) is 11.2. The van der Waals surface area contributed by atoms with Gasteiger partial charge >= 0.3 is 0 Å². The molecule has 0 aromatic carbocycles. The molecule has 5 unspecified atom stereocenters. The van der Waals surface area contributed by atoms with Crippen molar-refractivity contribution in [2.24, 2.45) is 29.6 Å². The summed E-state index contributed by atoms with van der Waals surface area (Å²) in [7, 11) is 0. The van der Waals surface area contributed by atoms with E-state index in [0.29, 0.717) is 11.7 Å².